The summed E-state index contributed by atoms with van der Waals surface area (Å²) in [6.07, 6.45) is 6.91. The van der Waals surface area contributed by atoms with Crippen molar-refractivity contribution in [3.8, 4) is 0 Å². The Balaban J connectivity index is 1.23. The van der Waals surface area contributed by atoms with Crippen molar-refractivity contribution in [1.82, 2.24) is 4.98 Å². The van der Waals surface area contributed by atoms with Gasteiger partial charge in [0, 0.05) is 26.2 Å². The average Bonchev–Trinajstić information content (AvgIpc) is 3.83. The number of hydrogen-bond acceptors (Lipinski definition) is 6. The van der Waals surface area contributed by atoms with Gasteiger partial charge < -0.3 is 15.1 Å². The fourth-order valence-electron chi connectivity index (χ4n) is 5.73. The highest BCUT2D eigenvalue weighted by atomic mass is 32.2. The highest BCUT2D eigenvalue weighted by Gasteiger charge is 2.50. The number of rotatable bonds is 7. The Labute approximate surface area is 230 Å². The molecule has 2 aliphatic heterocycles. The summed E-state index contributed by atoms with van der Waals surface area (Å²) in [5, 5.41) is 2.95. The van der Waals surface area contributed by atoms with Crippen molar-refractivity contribution in [2.75, 3.05) is 46.0 Å². The first-order chi connectivity index (χ1) is 18.5. The SMILES string of the molecule is CC1(F)CCN(c2cccc(NC(=O)c3ccc(NS(=O)(=O)C4(C)CC4)cc3N3CCC4(CC3)CC4)n2)CC1. The molecule has 2 N–H and O–H groups in total. The third-order valence-corrected chi connectivity index (χ3v) is 11.5. The third-order valence-electron chi connectivity index (χ3n) is 9.33. The van der Waals surface area contributed by atoms with Crippen molar-refractivity contribution >= 4 is 38.9 Å². The van der Waals surface area contributed by atoms with Crippen LogP contribution in [0.3, 0.4) is 0 Å². The lowest BCUT2D eigenvalue weighted by Gasteiger charge is -2.35. The summed E-state index contributed by atoms with van der Waals surface area (Å²) in [5.41, 5.74) is 1.02. The van der Waals surface area contributed by atoms with E-state index < -0.39 is 20.4 Å². The third kappa shape index (κ3) is 5.44. The predicted molar refractivity (Wildman–Crippen MR) is 153 cm³/mol. The molecule has 39 heavy (non-hydrogen) atoms. The van der Waals surface area contributed by atoms with E-state index in [1.54, 1.807) is 38.1 Å². The molecule has 0 bridgehead atoms. The summed E-state index contributed by atoms with van der Waals surface area (Å²) in [6.45, 7) is 6.23. The van der Waals surface area contributed by atoms with Gasteiger partial charge >= 0.3 is 0 Å². The summed E-state index contributed by atoms with van der Waals surface area (Å²) < 4.78 is 42.1. The van der Waals surface area contributed by atoms with Crippen LogP contribution in [0.5, 0.6) is 0 Å². The van der Waals surface area contributed by atoms with Crippen LogP contribution < -0.4 is 19.8 Å². The van der Waals surface area contributed by atoms with Crippen molar-refractivity contribution in [1.29, 1.82) is 0 Å². The molecule has 1 spiro atoms. The van der Waals surface area contributed by atoms with Gasteiger partial charge in [0.1, 0.15) is 17.3 Å². The molecule has 2 aromatic rings. The van der Waals surface area contributed by atoms with Gasteiger partial charge in [-0.2, -0.15) is 0 Å². The van der Waals surface area contributed by atoms with Crippen LogP contribution in [-0.4, -0.2) is 55.9 Å². The molecule has 1 aromatic carbocycles. The lowest BCUT2D eigenvalue weighted by atomic mass is 9.93. The Morgan fingerprint density at radius 2 is 1.56 bits per heavy atom. The van der Waals surface area contributed by atoms with E-state index in [0.717, 1.165) is 31.6 Å². The van der Waals surface area contributed by atoms with Crippen molar-refractivity contribution in [3.63, 3.8) is 0 Å². The van der Waals surface area contributed by atoms with E-state index in [1.807, 2.05) is 17.0 Å². The number of carbonyl (C=O) groups excluding carboxylic acids is 1. The lowest BCUT2D eigenvalue weighted by molar-refractivity contribution is 0.102. The van der Waals surface area contributed by atoms with Gasteiger partial charge in [0.25, 0.3) is 5.91 Å². The average molecular weight is 556 g/mol. The monoisotopic (exact) mass is 555 g/mol. The fourth-order valence-corrected chi connectivity index (χ4v) is 7.05. The van der Waals surface area contributed by atoms with Crippen LogP contribution in [0.1, 0.15) is 75.6 Å². The molecule has 4 aliphatic rings. The summed E-state index contributed by atoms with van der Waals surface area (Å²) in [7, 11) is -3.51. The van der Waals surface area contributed by atoms with Crippen molar-refractivity contribution in [3.05, 3.63) is 42.0 Å². The standard InChI is InChI=1S/C29H38FN5O3S/c1-27(30)12-16-35(17-13-27)25-5-3-4-24(31-25)32-26(36)22-7-6-21(33-39(37,38)28(2)8-9-28)20-23(22)34-18-14-29(10-11-29)15-19-34/h3-7,20,33H,8-19H2,1-2H3,(H,31,32,36). The highest BCUT2D eigenvalue weighted by molar-refractivity contribution is 7.94. The number of nitrogens with one attached hydrogen (secondary N) is 2. The number of halogens is 1. The molecule has 2 aliphatic carbocycles. The van der Waals surface area contributed by atoms with Crippen LogP contribution in [0.4, 0.5) is 27.4 Å². The van der Waals surface area contributed by atoms with E-state index in [9.17, 15) is 17.6 Å². The van der Waals surface area contributed by atoms with Crippen LogP contribution in [0.2, 0.25) is 0 Å². The largest absolute Gasteiger partial charge is 0.371 e. The molecule has 0 unspecified atom stereocenters. The molecule has 0 radical (unpaired) electrons. The Kier molecular flexibility index (Phi) is 6.32. The zero-order chi connectivity index (χ0) is 27.5. The maximum absolute atomic E-state index is 14.3. The normalized spacial score (nSPS) is 22.8. The Morgan fingerprint density at radius 3 is 2.21 bits per heavy atom. The van der Waals surface area contributed by atoms with E-state index in [-0.39, 0.29) is 5.91 Å². The lowest BCUT2D eigenvalue weighted by Crippen LogP contribution is -2.40. The second-order valence-corrected chi connectivity index (χ2v) is 14.7. The Bertz CT molecular complexity index is 1370. The van der Waals surface area contributed by atoms with E-state index in [4.69, 9.17) is 0 Å². The Hall–Kier alpha value is -2.88. The number of aromatic nitrogens is 1. The zero-order valence-corrected chi connectivity index (χ0v) is 23.6. The highest BCUT2D eigenvalue weighted by Crippen LogP contribution is 2.54. The summed E-state index contributed by atoms with van der Waals surface area (Å²) in [4.78, 5) is 22.5. The van der Waals surface area contributed by atoms with Crippen LogP contribution in [0, 0.1) is 5.41 Å². The van der Waals surface area contributed by atoms with Crippen LogP contribution in [-0.2, 0) is 10.0 Å². The smallest absolute Gasteiger partial charge is 0.258 e. The van der Waals surface area contributed by atoms with Gasteiger partial charge in [-0.3, -0.25) is 9.52 Å². The Morgan fingerprint density at radius 1 is 0.897 bits per heavy atom. The molecule has 2 saturated carbocycles. The first-order valence-electron chi connectivity index (χ1n) is 14.1. The quantitative estimate of drug-likeness (QED) is 0.479. The molecule has 0 atom stereocenters. The summed E-state index contributed by atoms with van der Waals surface area (Å²) in [6, 6.07) is 10.6. The van der Waals surface area contributed by atoms with E-state index >= 15 is 0 Å². The van der Waals surface area contributed by atoms with Gasteiger partial charge in [-0.1, -0.05) is 6.07 Å². The maximum Gasteiger partial charge on any atom is 0.258 e. The van der Waals surface area contributed by atoms with Crippen molar-refractivity contribution in [2.24, 2.45) is 5.41 Å². The van der Waals surface area contributed by atoms with Gasteiger partial charge in [0.15, 0.2) is 0 Å². The number of benzene rings is 1. The second kappa shape index (κ2) is 9.35. The number of amides is 1. The molecule has 10 heteroatoms. The topological polar surface area (TPSA) is 94.6 Å². The number of sulfonamides is 1. The minimum Gasteiger partial charge on any atom is -0.371 e. The molecule has 1 aromatic heterocycles. The number of anilines is 4. The van der Waals surface area contributed by atoms with Gasteiger partial charge in [0.05, 0.1) is 21.7 Å². The van der Waals surface area contributed by atoms with Crippen LogP contribution in [0.15, 0.2) is 36.4 Å². The zero-order valence-electron chi connectivity index (χ0n) is 22.8. The van der Waals surface area contributed by atoms with Crippen molar-refractivity contribution < 1.29 is 17.6 Å². The van der Waals surface area contributed by atoms with Gasteiger partial charge in [-0.25, -0.2) is 17.8 Å². The number of alkyl halides is 1. The fraction of sp³-hybridized carbons (Fsp3) is 0.586. The van der Waals surface area contributed by atoms with Gasteiger partial charge in [0.2, 0.25) is 10.0 Å². The molecular formula is C29H38FN5O3S. The van der Waals surface area contributed by atoms with E-state index in [0.29, 0.717) is 67.1 Å². The van der Waals surface area contributed by atoms with Crippen LogP contribution in [0.25, 0.3) is 0 Å². The predicted octanol–water partition coefficient (Wildman–Crippen LogP) is 5.34. The molecule has 210 valence electrons. The van der Waals surface area contributed by atoms with Gasteiger partial charge in [-0.15, -0.1) is 0 Å². The van der Waals surface area contributed by atoms with E-state index in [2.05, 4.69) is 19.9 Å². The summed E-state index contributed by atoms with van der Waals surface area (Å²) in [5.74, 6) is 0.853. The number of piperidine rings is 2. The summed E-state index contributed by atoms with van der Waals surface area (Å²) >= 11 is 0. The number of hydrogen-bond donors (Lipinski definition) is 2. The molecule has 3 heterocycles. The maximum atomic E-state index is 14.3. The first kappa shape index (κ1) is 26.3. The van der Waals surface area contributed by atoms with Crippen LogP contribution >= 0.6 is 0 Å². The minimum atomic E-state index is -3.51. The number of pyridine rings is 1. The number of nitrogens with zero attached hydrogens (tertiary/aromatic N) is 3. The first-order valence-corrected chi connectivity index (χ1v) is 15.6. The van der Waals surface area contributed by atoms with Gasteiger partial charge in [-0.05, 0) is 101 Å². The van der Waals surface area contributed by atoms with Crippen molar-refractivity contribution in [2.45, 2.75) is 75.6 Å². The van der Waals surface area contributed by atoms with E-state index in [1.165, 1.54) is 12.8 Å². The minimum absolute atomic E-state index is 0.292. The number of carbonyl (C=O) groups is 1. The molecule has 4 fully saturated rings. The molecule has 6 rings (SSSR count). The molecule has 8 nitrogen and oxygen atoms in total. The molecule has 2 saturated heterocycles. The molecular weight excluding hydrogens is 517 g/mol. The second-order valence-electron chi connectivity index (χ2n) is 12.5. The molecule has 1 amide bonds.